The summed E-state index contributed by atoms with van der Waals surface area (Å²) in [6.07, 6.45) is 3.62. The summed E-state index contributed by atoms with van der Waals surface area (Å²) >= 11 is 0. The van der Waals surface area contributed by atoms with Crippen LogP contribution in [0.25, 0.3) is 5.41 Å². The molecule has 0 atom stereocenters. The van der Waals surface area contributed by atoms with Crippen molar-refractivity contribution < 1.29 is 14.0 Å². The lowest BCUT2D eigenvalue weighted by molar-refractivity contribution is -0.954. The first-order valence-corrected chi connectivity index (χ1v) is 5.97. The van der Waals surface area contributed by atoms with Gasteiger partial charge in [-0.2, -0.15) is 0 Å². The molecular weight excluding hydrogens is 204 g/mol. The second-order valence-electron chi connectivity index (χ2n) is 4.90. The Morgan fingerprint density at radius 2 is 1.69 bits per heavy atom. The topological polar surface area (TPSA) is 48.6 Å². The molecule has 4 nitrogen and oxygen atoms in total. The van der Waals surface area contributed by atoms with Gasteiger partial charge in [0, 0.05) is 12.8 Å². The summed E-state index contributed by atoms with van der Waals surface area (Å²) in [5.41, 5.74) is 0. The molecule has 1 heterocycles. The first kappa shape index (κ1) is 15.3. The Balaban J connectivity index is 0.000000673. The number of ether oxygens (including phenoxy) is 1. The summed E-state index contributed by atoms with van der Waals surface area (Å²) in [6, 6.07) is 0.709. The Hall–Kier alpha value is -0.700. The normalized spacial score (nSPS) is 18.1. The van der Waals surface area contributed by atoms with Crippen LogP contribution in [0.5, 0.6) is 0 Å². The van der Waals surface area contributed by atoms with E-state index >= 15 is 0 Å². The Labute approximate surface area is 98.7 Å². The Morgan fingerprint density at radius 1 is 1.25 bits per heavy atom. The highest BCUT2D eigenvalue weighted by Crippen LogP contribution is 2.23. The molecular formula is C12H24N2O2. The lowest BCUT2D eigenvalue weighted by Gasteiger charge is -2.38. The molecule has 94 valence electrons. The first-order chi connectivity index (χ1) is 7.48. The monoisotopic (exact) mass is 228 g/mol. The van der Waals surface area contributed by atoms with Crippen LogP contribution in [-0.4, -0.2) is 42.5 Å². The summed E-state index contributed by atoms with van der Waals surface area (Å²) in [4.78, 5) is 8.24. The molecule has 0 N–H and O–H groups in total. The molecule has 4 heteroatoms. The minimum absolute atomic E-state index is 0.370. The third-order valence-electron chi connectivity index (χ3n) is 3.22. The summed E-state index contributed by atoms with van der Waals surface area (Å²) in [6.45, 7) is 12.4. The molecule has 1 aliphatic heterocycles. The van der Waals surface area contributed by atoms with Crippen LogP contribution >= 0.6 is 0 Å². The van der Waals surface area contributed by atoms with Crippen molar-refractivity contribution in [1.29, 1.82) is 0 Å². The van der Waals surface area contributed by atoms with E-state index in [-0.39, 0.29) is 0 Å². The lowest BCUT2D eigenvalue weighted by atomic mass is 10.3. The Bertz CT molecular complexity index is 215. The lowest BCUT2D eigenvalue weighted by Crippen LogP contribution is -2.52. The van der Waals surface area contributed by atoms with Gasteiger partial charge in [-0.05, 0) is 33.8 Å². The Morgan fingerprint density at radius 3 is 2.00 bits per heavy atom. The van der Waals surface area contributed by atoms with Crippen LogP contribution in [-0.2, 0) is 9.53 Å². The molecule has 0 aliphatic carbocycles. The summed E-state index contributed by atoms with van der Waals surface area (Å²) in [7, 11) is 0. The maximum absolute atomic E-state index is 8.24. The fourth-order valence-electron chi connectivity index (χ4n) is 2.06. The van der Waals surface area contributed by atoms with Crippen LogP contribution in [0, 0.1) is 0 Å². The van der Waals surface area contributed by atoms with Gasteiger partial charge in [0.05, 0.1) is 25.2 Å². The largest absolute Gasteiger partial charge is 0.724 e. The number of isocyanates is 1. The van der Waals surface area contributed by atoms with Crippen LogP contribution in [0.4, 0.5) is 0 Å². The van der Waals surface area contributed by atoms with Gasteiger partial charge in [0.25, 0.3) is 0 Å². The fourth-order valence-corrected chi connectivity index (χ4v) is 2.06. The van der Waals surface area contributed by atoms with E-state index in [1.165, 1.54) is 30.4 Å². The predicted octanol–water partition coefficient (Wildman–Crippen LogP) is 2.28. The van der Waals surface area contributed by atoms with Crippen molar-refractivity contribution in [3.05, 3.63) is 5.41 Å². The maximum Gasteiger partial charge on any atom is 0.183 e. The van der Waals surface area contributed by atoms with Crippen LogP contribution in [0.3, 0.4) is 0 Å². The molecule has 0 unspecified atom stereocenters. The van der Waals surface area contributed by atoms with Crippen molar-refractivity contribution in [2.75, 3.05) is 19.8 Å². The molecule has 1 fully saturated rings. The highest BCUT2D eigenvalue weighted by molar-refractivity contribution is 5.36. The number of rotatable bonds is 4. The summed E-state index contributed by atoms with van der Waals surface area (Å²) < 4.78 is 6.94. The number of likely N-dealkylation sites (tertiary alicyclic amines) is 1. The van der Waals surface area contributed by atoms with Crippen molar-refractivity contribution in [2.24, 2.45) is 0 Å². The van der Waals surface area contributed by atoms with E-state index in [4.69, 9.17) is 14.9 Å². The Kier molecular flexibility index (Phi) is 7.22. The molecule has 0 bridgehead atoms. The predicted molar refractivity (Wildman–Crippen MR) is 64.5 cm³/mol. The average Bonchev–Trinajstić information content (AvgIpc) is 2.65. The van der Waals surface area contributed by atoms with Crippen molar-refractivity contribution in [1.82, 2.24) is 0 Å². The molecule has 0 aromatic heterocycles. The number of nitrogens with zero attached hydrogens (tertiary/aromatic N) is 2. The molecule has 0 amide bonds. The van der Waals surface area contributed by atoms with Crippen LogP contribution in [0.1, 0.15) is 40.5 Å². The van der Waals surface area contributed by atoms with E-state index in [1.54, 1.807) is 0 Å². The molecule has 0 aromatic rings. The van der Waals surface area contributed by atoms with Crippen molar-refractivity contribution >= 4 is 6.08 Å². The van der Waals surface area contributed by atoms with Gasteiger partial charge < -0.3 is 10.1 Å². The van der Waals surface area contributed by atoms with Gasteiger partial charge in [-0.25, -0.2) is 0 Å². The van der Waals surface area contributed by atoms with E-state index in [2.05, 4.69) is 27.7 Å². The van der Waals surface area contributed by atoms with E-state index in [9.17, 15) is 0 Å². The van der Waals surface area contributed by atoms with E-state index < -0.39 is 0 Å². The maximum atomic E-state index is 8.24. The zero-order chi connectivity index (χ0) is 12.6. The minimum Gasteiger partial charge on any atom is -0.724 e. The molecule has 16 heavy (non-hydrogen) atoms. The SMILES string of the molecule is CC(C)OC[N+]1(C(C)C)CCCC1.[N-]=C=O. The standard InChI is InChI=1S/C11H24NO.CNO/c1-10(2)12(7-5-6-8-12)9-13-11(3)4;2-1-3/h10-11H,5-9H2,1-4H3;/q+1;-1. The second kappa shape index (κ2) is 7.55. The van der Waals surface area contributed by atoms with Crippen LogP contribution in [0.15, 0.2) is 0 Å². The number of quaternary nitrogens is 1. The van der Waals surface area contributed by atoms with Crippen molar-refractivity contribution in [3.8, 4) is 0 Å². The van der Waals surface area contributed by atoms with Crippen LogP contribution < -0.4 is 0 Å². The van der Waals surface area contributed by atoms with E-state index in [0.717, 1.165) is 6.73 Å². The highest BCUT2D eigenvalue weighted by Gasteiger charge is 2.35. The first-order valence-electron chi connectivity index (χ1n) is 5.97. The third kappa shape index (κ3) is 4.88. The minimum atomic E-state index is 0.370. The van der Waals surface area contributed by atoms with E-state index in [1.807, 2.05) is 0 Å². The third-order valence-corrected chi connectivity index (χ3v) is 3.22. The number of hydrogen-bond donors (Lipinski definition) is 0. The van der Waals surface area contributed by atoms with Crippen LogP contribution in [0.2, 0.25) is 0 Å². The molecule has 1 aliphatic rings. The van der Waals surface area contributed by atoms with Gasteiger partial charge in [0.15, 0.2) is 6.73 Å². The number of carbonyl (C=O) groups excluding carboxylic acids is 1. The molecule has 0 aromatic carbocycles. The van der Waals surface area contributed by atoms with Gasteiger partial charge >= 0.3 is 0 Å². The highest BCUT2D eigenvalue weighted by atomic mass is 16.5. The van der Waals surface area contributed by atoms with E-state index in [0.29, 0.717) is 18.2 Å². The smallest absolute Gasteiger partial charge is 0.183 e. The molecule has 1 saturated heterocycles. The van der Waals surface area contributed by atoms with Crippen molar-refractivity contribution in [3.63, 3.8) is 0 Å². The average molecular weight is 228 g/mol. The van der Waals surface area contributed by atoms with Gasteiger partial charge in [-0.1, -0.05) is 0 Å². The second-order valence-corrected chi connectivity index (χ2v) is 4.90. The van der Waals surface area contributed by atoms with Gasteiger partial charge in [-0.15, -0.1) is 0 Å². The molecule has 0 saturated carbocycles. The zero-order valence-corrected chi connectivity index (χ0v) is 10.9. The zero-order valence-electron chi connectivity index (χ0n) is 10.9. The summed E-state index contributed by atoms with van der Waals surface area (Å²) in [5, 5.41) is 6.76. The molecule has 0 radical (unpaired) electrons. The molecule has 1 rings (SSSR count). The number of hydrogen-bond acceptors (Lipinski definition) is 2. The quantitative estimate of drug-likeness (QED) is 0.421. The summed E-state index contributed by atoms with van der Waals surface area (Å²) in [5.74, 6) is 0. The van der Waals surface area contributed by atoms with Gasteiger partial charge in [-0.3, -0.25) is 9.28 Å². The van der Waals surface area contributed by atoms with Crippen molar-refractivity contribution in [2.45, 2.75) is 52.7 Å². The van der Waals surface area contributed by atoms with Gasteiger partial charge in [0.2, 0.25) is 0 Å². The molecule has 0 spiro atoms. The fraction of sp³-hybridized carbons (Fsp3) is 0.917. The van der Waals surface area contributed by atoms with Gasteiger partial charge in [0.1, 0.15) is 0 Å².